The van der Waals surface area contributed by atoms with Crippen molar-refractivity contribution in [3.63, 3.8) is 0 Å². The maximum Gasteiger partial charge on any atom is 0.414 e. The van der Waals surface area contributed by atoms with E-state index in [4.69, 9.17) is 42.1 Å². The first-order valence-corrected chi connectivity index (χ1v) is 18.5. The lowest BCUT2D eigenvalue weighted by Crippen LogP contribution is -2.53. The molecule has 54 heavy (non-hydrogen) atoms. The zero-order chi connectivity index (χ0) is 37.8. The summed E-state index contributed by atoms with van der Waals surface area (Å²) in [6.07, 6.45) is 7.69. The van der Waals surface area contributed by atoms with E-state index in [-0.39, 0.29) is 46.2 Å². The van der Waals surface area contributed by atoms with E-state index in [0.717, 1.165) is 63.3 Å². The predicted molar refractivity (Wildman–Crippen MR) is 195 cm³/mol. The number of ether oxygens (including phenoxy) is 4. The number of nitrogens with zero attached hydrogens (tertiary/aromatic N) is 4. The van der Waals surface area contributed by atoms with Crippen molar-refractivity contribution in [3.05, 3.63) is 117 Å². The molecule has 3 saturated heterocycles. The van der Waals surface area contributed by atoms with Crippen molar-refractivity contribution in [2.24, 2.45) is 11.8 Å². The second kappa shape index (κ2) is 16.7. The molecule has 1 saturated carbocycles. The number of benzene rings is 2. The molecule has 8 rings (SSSR count). The number of hydrogen-bond acceptors (Lipinski definition) is 9. The standard InChI is InChI=1S/C39H38Cl2F2N4O7/c40-31-20-46(50)21-32(41)30(31)17-34(28-9-10-33(53-38(42)43)35(16-28)51-23-25-3-4-25)52-37(48)27-7-5-24(6-8-27)19-47(29-2-1-13-44-18-29)39(49)54-36-22-45-14-11-26(36)12-15-45/h1-2,5-10,13,16,18,20-21,25-26,34,36,38H,3-4,11-12,14-15,17,19,22-23H2/t34-,36-/m0/s1. The smallest absolute Gasteiger partial charge is 0.414 e. The number of anilines is 1. The van der Waals surface area contributed by atoms with E-state index in [1.165, 1.54) is 23.1 Å². The normalized spacial score (nSPS) is 19.6. The molecule has 1 aliphatic carbocycles. The van der Waals surface area contributed by atoms with Gasteiger partial charge in [0.15, 0.2) is 23.9 Å². The van der Waals surface area contributed by atoms with Crippen LogP contribution in [0.4, 0.5) is 19.3 Å². The van der Waals surface area contributed by atoms with Gasteiger partial charge in [-0.3, -0.25) is 14.8 Å². The molecule has 11 nitrogen and oxygen atoms in total. The number of pyridine rings is 2. The van der Waals surface area contributed by atoms with Crippen LogP contribution >= 0.6 is 23.2 Å². The summed E-state index contributed by atoms with van der Waals surface area (Å²) in [5, 5.41) is 12.1. The summed E-state index contributed by atoms with van der Waals surface area (Å²) in [4.78, 5) is 35.4. The number of hydrogen-bond donors (Lipinski definition) is 0. The van der Waals surface area contributed by atoms with Crippen molar-refractivity contribution in [2.45, 2.75) is 57.5 Å². The molecule has 2 aromatic heterocycles. The van der Waals surface area contributed by atoms with Gasteiger partial charge in [-0.1, -0.05) is 41.4 Å². The summed E-state index contributed by atoms with van der Waals surface area (Å²) in [6.45, 7) is 0.158. The summed E-state index contributed by atoms with van der Waals surface area (Å²) in [7, 11) is 0. The van der Waals surface area contributed by atoms with E-state index in [2.05, 4.69) is 9.88 Å². The van der Waals surface area contributed by atoms with Crippen LogP contribution in [0, 0.1) is 17.0 Å². The summed E-state index contributed by atoms with van der Waals surface area (Å²) in [5.74, 6) is -0.138. The molecule has 5 heterocycles. The molecule has 4 fully saturated rings. The van der Waals surface area contributed by atoms with Crippen LogP contribution in [0.3, 0.4) is 0 Å². The zero-order valence-corrected chi connectivity index (χ0v) is 30.6. The Labute approximate surface area is 320 Å². The molecular weight excluding hydrogens is 745 g/mol. The second-order valence-electron chi connectivity index (χ2n) is 13.8. The summed E-state index contributed by atoms with van der Waals surface area (Å²) < 4.78 is 49.6. The highest BCUT2D eigenvalue weighted by molar-refractivity contribution is 6.35. The van der Waals surface area contributed by atoms with Crippen LogP contribution in [-0.2, 0) is 22.4 Å². The third-order valence-electron chi connectivity index (χ3n) is 9.98. The van der Waals surface area contributed by atoms with Crippen molar-refractivity contribution in [1.29, 1.82) is 0 Å². The lowest BCUT2D eigenvalue weighted by atomic mass is 9.86. The predicted octanol–water partition coefficient (Wildman–Crippen LogP) is 7.79. The second-order valence-corrected chi connectivity index (χ2v) is 14.6. The number of halogens is 4. The zero-order valence-electron chi connectivity index (χ0n) is 29.1. The van der Waals surface area contributed by atoms with Crippen molar-refractivity contribution >= 4 is 41.0 Å². The van der Waals surface area contributed by atoms with Gasteiger partial charge in [-0.2, -0.15) is 13.5 Å². The number of rotatable bonds is 14. The van der Waals surface area contributed by atoms with E-state index in [0.29, 0.717) is 40.0 Å². The van der Waals surface area contributed by atoms with Crippen LogP contribution in [0.25, 0.3) is 0 Å². The fourth-order valence-electron chi connectivity index (χ4n) is 6.80. The quantitative estimate of drug-likeness (QED) is 0.0718. The minimum absolute atomic E-state index is 0.0518. The van der Waals surface area contributed by atoms with Gasteiger partial charge in [0.1, 0.15) is 22.3 Å². The van der Waals surface area contributed by atoms with Crippen LogP contribution in [0.2, 0.25) is 10.0 Å². The highest BCUT2D eigenvalue weighted by atomic mass is 35.5. The Morgan fingerprint density at radius 2 is 1.74 bits per heavy atom. The Morgan fingerprint density at radius 3 is 2.37 bits per heavy atom. The average Bonchev–Trinajstić information content (AvgIpc) is 4.00. The van der Waals surface area contributed by atoms with Crippen molar-refractivity contribution in [3.8, 4) is 11.5 Å². The third kappa shape index (κ3) is 9.31. The minimum Gasteiger partial charge on any atom is -0.619 e. The Morgan fingerprint density at radius 1 is 1.00 bits per heavy atom. The van der Waals surface area contributed by atoms with E-state index in [1.807, 2.05) is 0 Å². The molecule has 1 amide bonds. The van der Waals surface area contributed by atoms with Gasteiger partial charge in [0.2, 0.25) is 0 Å². The van der Waals surface area contributed by atoms with Crippen LogP contribution < -0.4 is 19.1 Å². The van der Waals surface area contributed by atoms with Crippen LogP contribution in [0.15, 0.2) is 79.4 Å². The lowest BCUT2D eigenvalue weighted by molar-refractivity contribution is -0.605. The number of amides is 1. The summed E-state index contributed by atoms with van der Waals surface area (Å²) >= 11 is 12.8. The topological polar surface area (TPSA) is 117 Å². The molecule has 4 aliphatic rings. The van der Waals surface area contributed by atoms with Crippen molar-refractivity contribution in [1.82, 2.24) is 9.88 Å². The Balaban J connectivity index is 1.11. The molecule has 284 valence electrons. The highest BCUT2D eigenvalue weighted by Crippen LogP contribution is 2.38. The fourth-order valence-corrected chi connectivity index (χ4v) is 7.40. The van der Waals surface area contributed by atoms with Gasteiger partial charge in [0.05, 0.1) is 30.6 Å². The van der Waals surface area contributed by atoms with Gasteiger partial charge in [-0.05, 0) is 98.1 Å². The number of carbonyl (C=O) groups excluding carboxylic acids is 2. The van der Waals surface area contributed by atoms with E-state index < -0.39 is 24.8 Å². The number of esters is 1. The van der Waals surface area contributed by atoms with Gasteiger partial charge < -0.3 is 24.2 Å². The lowest BCUT2D eigenvalue weighted by Gasteiger charge is -2.44. The molecule has 0 spiro atoms. The summed E-state index contributed by atoms with van der Waals surface area (Å²) in [6, 6.07) is 14.4. The molecule has 4 aromatic rings. The Kier molecular flexibility index (Phi) is 11.7. The summed E-state index contributed by atoms with van der Waals surface area (Å²) in [5.41, 5.74) is 2.23. The fraction of sp³-hybridized carbons (Fsp3) is 0.385. The number of aromatic nitrogens is 2. The van der Waals surface area contributed by atoms with Gasteiger partial charge in [0.25, 0.3) is 0 Å². The third-order valence-corrected chi connectivity index (χ3v) is 10.6. The minimum atomic E-state index is -3.08. The van der Waals surface area contributed by atoms with Crippen molar-refractivity contribution in [2.75, 3.05) is 31.1 Å². The van der Waals surface area contributed by atoms with Gasteiger partial charge in [-0.25, -0.2) is 9.59 Å². The van der Waals surface area contributed by atoms with Crippen LogP contribution in [-0.4, -0.2) is 60.9 Å². The monoisotopic (exact) mass is 782 g/mol. The molecule has 3 aliphatic heterocycles. The molecule has 0 unspecified atom stereocenters. The molecule has 2 bridgehead atoms. The first kappa shape index (κ1) is 37.6. The molecule has 0 radical (unpaired) electrons. The number of carbonyl (C=O) groups is 2. The first-order chi connectivity index (χ1) is 26.1. The number of fused-ring (bicyclic) bond motifs is 3. The average molecular weight is 784 g/mol. The van der Waals surface area contributed by atoms with Gasteiger partial charge in [0, 0.05) is 24.7 Å². The number of alkyl halides is 2. The number of piperidine rings is 3. The Bertz CT molecular complexity index is 1920. The molecular formula is C39H38Cl2F2N4O7. The van der Waals surface area contributed by atoms with Gasteiger partial charge >= 0.3 is 18.7 Å². The van der Waals surface area contributed by atoms with E-state index in [1.54, 1.807) is 48.8 Å². The SMILES string of the molecule is O=C(O[C@@H](Cc1c(Cl)c[n+]([O-])cc1Cl)c1ccc(OC(F)F)c(OCC2CC2)c1)c1ccc(CN(C(=O)O[C@H]2CN3CCC2CC3)c2cccnc2)cc1. The largest absolute Gasteiger partial charge is 0.619 e. The van der Waals surface area contributed by atoms with E-state index >= 15 is 0 Å². The first-order valence-electron chi connectivity index (χ1n) is 17.8. The van der Waals surface area contributed by atoms with Crippen molar-refractivity contribution < 1.29 is 42.0 Å². The molecule has 15 heteroatoms. The van der Waals surface area contributed by atoms with E-state index in [9.17, 15) is 23.6 Å². The molecule has 2 aromatic carbocycles. The maximum atomic E-state index is 13.7. The molecule has 0 N–H and O–H groups in total. The van der Waals surface area contributed by atoms with Crippen LogP contribution in [0.5, 0.6) is 11.5 Å². The maximum absolute atomic E-state index is 13.7. The highest BCUT2D eigenvalue weighted by Gasteiger charge is 2.37. The molecule has 2 atom stereocenters. The van der Waals surface area contributed by atoms with Gasteiger partial charge in [-0.15, -0.1) is 0 Å². The van der Waals surface area contributed by atoms with Crippen LogP contribution in [0.1, 0.15) is 58.8 Å². The Hall–Kier alpha value is -4.72.